The van der Waals surface area contributed by atoms with Crippen LogP contribution in [0.1, 0.15) is 0 Å². The monoisotopic (exact) mass is 316 g/mol. The minimum atomic E-state index is -0.797. The van der Waals surface area contributed by atoms with Gasteiger partial charge in [-0.2, -0.15) is 0 Å². The van der Waals surface area contributed by atoms with E-state index in [1.807, 2.05) is 0 Å². The van der Waals surface area contributed by atoms with Crippen molar-refractivity contribution in [2.24, 2.45) is 0 Å². The van der Waals surface area contributed by atoms with Crippen LogP contribution in [0.4, 0.5) is 0 Å². The van der Waals surface area contributed by atoms with E-state index < -0.39 is 11.2 Å². The van der Waals surface area contributed by atoms with Crippen LogP contribution in [0.3, 0.4) is 0 Å². The van der Waals surface area contributed by atoms with Crippen LogP contribution in [0, 0.1) is 0 Å². The van der Waals surface area contributed by atoms with Crippen LogP contribution in [-0.2, 0) is 0 Å². The van der Waals surface area contributed by atoms with Gasteiger partial charge in [0.25, 0.3) is 0 Å². The van der Waals surface area contributed by atoms with Gasteiger partial charge in [-0.15, -0.1) is 0 Å². The average molecular weight is 316 g/mol. The van der Waals surface area contributed by atoms with Crippen LogP contribution in [0.5, 0.6) is 0 Å². The highest BCUT2D eigenvalue weighted by Gasteiger charge is 2.28. The van der Waals surface area contributed by atoms with E-state index in [0.29, 0.717) is 39.3 Å². The number of rotatable bonds is 0. The molecule has 22 heavy (non-hydrogen) atoms. The quantitative estimate of drug-likeness (QED) is 0.228. The molecule has 3 aliphatic heterocycles. The normalized spacial score (nSPS) is 37.4. The Morgan fingerprint density at radius 1 is 0.409 bits per heavy atom. The summed E-state index contributed by atoms with van der Waals surface area (Å²) >= 11 is 0. The maximum atomic E-state index is 10.7. The zero-order valence-electron chi connectivity index (χ0n) is 13.4. The number of hydrogen-bond donors (Lipinski definition) is 8. The third-order valence-corrected chi connectivity index (χ3v) is 4.16. The van der Waals surface area contributed by atoms with Crippen molar-refractivity contribution in [3.05, 3.63) is 0 Å². The van der Waals surface area contributed by atoms with Gasteiger partial charge in [0.05, 0.1) is 0 Å². The Balaban J connectivity index is 2.03. The van der Waals surface area contributed by atoms with Crippen molar-refractivity contribution in [1.29, 1.82) is 0 Å². The molecule has 0 aromatic heterocycles. The molecule has 0 radical (unpaired) electrons. The van der Waals surface area contributed by atoms with E-state index in [-0.39, 0.29) is 0 Å². The molecule has 3 fully saturated rings. The Bertz CT molecular complexity index is 244. The lowest BCUT2D eigenvalue weighted by molar-refractivity contribution is 0.0311. The van der Waals surface area contributed by atoms with Gasteiger partial charge in [-0.05, 0) is 0 Å². The highest BCUT2D eigenvalue weighted by Crippen LogP contribution is 2.02. The Morgan fingerprint density at radius 3 is 0.773 bits per heavy atom. The van der Waals surface area contributed by atoms with Gasteiger partial charge in [0.15, 0.2) is 0 Å². The summed E-state index contributed by atoms with van der Waals surface area (Å²) in [6.07, 6.45) is 0. The Hall–Kier alpha value is -0.320. The lowest BCUT2D eigenvalue weighted by Crippen LogP contribution is -2.59. The molecule has 3 rings (SSSR count). The van der Waals surface area contributed by atoms with Crippen LogP contribution in [-0.4, -0.2) is 100.0 Å². The lowest BCUT2D eigenvalue weighted by Gasteiger charge is -2.33. The minimum Gasteiger partial charge on any atom is -0.386 e. The van der Waals surface area contributed by atoms with Gasteiger partial charge in [-0.25, -0.2) is 0 Å². The van der Waals surface area contributed by atoms with Gasteiger partial charge >= 0.3 is 0 Å². The molecule has 3 saturated heterocycles. The molecular weight excluding hydrogens is 284 g/mol. The maximum Gasteiger partial charge on any atom is 0.102 e. The number of nitrogens with one attached hydrogen (secondary N) is 6. The molecule has 8 heteroatoms. The molecule has 3 aliphatic rings. The highest BCUT2D eigenvalue weighted by atomic mass is 16.3. The van der Waals surface area contributed by atoms with E-state index in [1.165, 1.54) is 0 Å². The fourth-order valence-electron chi connectivity index (χ4n) is 2.83. The summed E-state index contributed by atoms with van der Waals surface area (Å²) in [6.45, 7) is 7.83. The predicted octanol–water partition coefficient (Wildman–Crippen LogP) is -3.99. The van der Waals surface area contributed by atoms with Crippen molar-refractivity contribution in [1.82, 2.24) is 31.9 Å². The Kier molecular flexibility index (Phi) is 7.45. The van der Waals surface area contributed by atoms with Crippen molar-refractivity contribution in [2.45, 2.75) is 11.2 Å². The molecule has 0 aromatic rings. The molecule has 0 amide bonds. The number of fused-ring (bicyclic) bond motifs is 15. The first-order valence-electron chi connectivity index (χ1n) is 8.31. The smallest absolute Gasteiger partial charge is 0.102 e. The van der Waals surface area contributed by atoms with Crippen molar-refractivity contribution in [3.8, 4) is 0 Å². The molecule has 8 N–H and O–H groups in total. The van der Waals surface area contributed by atoms with Gasteiger partial charge in [0, 0.05) is 78.5 Å². The van der Waals surface area contributed by atoms with Crippen molar-refractivity contribution >= 4 is 0 Å². The van der Waals surface area contributed by atoms with Crippen LogP contribution < -0.4 is 31.9 Å². The number of hydrogen-bond acceptors (Lipinski definition) is 8. The van der Waals surface area contributed by atoms with E-state index in [2.05, 4.69) is 31.9 Å². The fraction of sp³-hybridized carbons (Fsp3) is 1.00. The summed E-state index contributed by atoms with van der Waals surface area (Å²) in [5.74, 6) is 0. The summed E-state index contributed by atoms with van der Waals surface area (Å²) in [4.78, 5) is 0. The molecule has 0 atom stereocenters. The summed E-state index contributed by atoms with van der Waals surface area (Å²) < 4.78 is 0. The van der Waals surface area contributed by atoms with Gasteiger partial charge < -0.3 is 42.1 Å². The first-order chi connectivity index (χ1) is 10.6. The molecule has 3 heterocycles. The molecule has 0 spiro atoms. The summed E-state index contributed by atoms with van der Waals surface area (Å²) in [5, 5.41) is 41.3. The van der Waals surface area contributed by atoms with Gasteiger partial charge in [-0.3, -0.25) is 0 Å². The van der Waals surface area contributed by atoms with E-state index in [9.17, 15) is 10.2 Å². The first-order valence-corrected chi connectivity index (χ1v) is 8.31. The van der Waals surface area contributed by atoms with E-state index >= 15 is 0 Å². The number of aliphatic hydroxyl groups is 2. The molecule has 8 nitrogen and oxygen atoms in total. The summed E-state index contributed by atoms with van der Waals surface area (Å²) in [5.41, 5.74) is -1.59. The predicted molar refractivity (Wildman–Crippen MR) is 87.1 cm³/mol. The molecule has 0 unspecified atom stereocenters. The third-order valence-electron chi connectivity index (χ3n) is 4.16. The SMILES string of the molecule is OC12CNCCNCC(O)(CNCCNC1)CNCCNC2. The van der Waals surface area contributed by atoms with Crippen LogP contribution in [0.25, 0.3) is 0 Å². The second kappa shape index (κ2) is 9.09. The standard InChI is InChI=1S/C14H32N6O2/c21-13-7-15-1-2-16-8-14(22,11-19-5-3-17-9-13)12-20-6-4-18-10-13/h15-22H,1-12H2. The molecule has 2 bridgehead atoms. The largest absolute Gasteiger partial charge is 0.386 e. The second-order valence-corrected chi connectivity index (χ2v) is 6.51. The zero-order valence-corrected chi connectivity index (χ0v) is 13.4. The average Bonchev–Trinajstić information content (AvgIpc) is 2.49. The van der Waals surface area contributed by atoms with Gasteiger partial charge in [0.2, 0.25) is 0 Å². The Labute approximate surface area is 132 Å². The van der Waals surface area contributed by atoms with Crippen molar-refractivity contribution < 1.29 is 10.2 Å². The topological polar surface area (TPSA) is 113 Å². The molecule has 130 valence electrons. The second-order valence-electron chi connectivity index (χ2n) is 6.51. The van der Waals surface area contributed by atoms with Gasteiger partial charge in [-0.1, -0.05) is 0 Å². The first kappa shape index (κ1) is 18.0. The lowest BCUT2D eigenvalue weighted by atomic mass is 10.0. The fourth-order valence-corrected chi connectivity index (χ4v) is 2.83. The molecular formula is C14H32N6O2. The van der Waals surface area contributed by atoms with E-state index in [0.717, 1.165) is 39.3 Å². The maximum absolute atomic E-state index is 10.7. The van der Waals surface area contributed by atoms with Crippen molar-refractivity contribution in [3.63, 3.8) is 0 Å². The van der Waals surface area contributed by atoms with E-state index in [4.69, 9.17) is 0 Å². The third kappa shape index (κ3) is 6.43. The summed E-state index contributed by atoms with van der Waals surface area (Å²) in [7, 11) is 0. The van der Waals surface area contributed by atoms with E-state index in [1.54, 1.807) is 0 Å². The molecule has 0 aromatic carbocycles. The Morgan fingerprint density at radius 2 is 0.591 bits per heavy atom. The van der Waals surface area contributed by atoms with Crippen LogP contribution in [0.2, 0.25) is 0 Å². The van der Waals surface area contributed by atoms with Crippen molar-refractivity contribution in [2.75, 3.05) is 78.5 Å². The molecule has 0 aliphatic carbocycles. The van der Waals surface area contributed by atoms with Crippen LogP contribution >= 0.6 is 0 Å². The van der Waals surface area contributed by atoms with Crippen LogP contribution in [0.15, 0.2) is 0 Å². The highest BCUT2D eigenvalue weighted by molar-refractivity contribution is 4.89. The zero-order chi connectivity index (χ0) is 15.7. The summed E-state index contributed by atoms with van der Waals surface area (Å²) in [6, 6.07) is 0. The van der Waals surface area contributed by atoms with Gasteiger partial charge in [0.1, 0.15) is 11.2 Å². The minimum absolute atomic E-state index is 0.541. The molecule has 0 saturated carbocycles.